The largest absolute Gasteiger partial charge is 0.496 e. The summed E-state index contributed by atoms with van der Waals surface area (Å²) in [6.45, 7) is 1.65. The fourth-order valence-electron chi connectivity index (χ4n) is 1.77. The molecular weight excluding hydrogens is 228 g/mol. The molecule has 0 aliphatic carbocycles. The van der Waals surface area contributed by atoms with E-state index < -0.39 is 6.04 Å². The molecule has 1 amide bonds. The van der Waals surface area contributed by atoms with Gasteiger partial charge in [-0.25, -0.2) is 0 Å². The zero-order valence-electron chi connectivity index (χ0n) is 10.4. The Morgan fingerprint density at radius 2 is 2.06 bits per heavy atom. The zero-order valence-corrected chi connectivity index (χ0v) is 10.4. The first-order chi connectivity index (χ1) is 8.61. The average Bonchev–Trinajstić information content (AvgIpc) is 2.37. The van der Waals surface area contributed by atoms with Crippen LogP contribution < -0.4 is 15.8 Å². The van der Waals surface area contributed by atoms with Crippen molar-refractivity contribution in [1.29, 1.82) is 0 Å². The number of fused-ring (bicyclic) bond motifs is 1. The Morgan fingerprint density at radius 3 is 2.72 bits per heavy atom. The number of amides is 1. The molecular formula is C14H16N2O2. The SMILES string of the molecule is COc1cc(NC(=O)[C@@H](C)N)cc2ccccc12. The van der Waals surface area contributed by atoms with E-state index in [9.17, 15) is 4.79 Å². The van der Waals surface area contributed by atoms with Crippen LogP contribution in [0.4, 0.5) is 5.69 Å². The molecule has 0 aromatic heterocycles. The molecule has 0 aliphatic heterocycles. The van der Waals surface area contributed by atoms with Gasteiger partial charge >= 0.3 is 0 Å². The van der Waals surface area contributed by atoms with Gasteiger partial charge in [0.2, 0.25) is 5.91 Å². The van der Waals surface area contributed by atoms with Gasteiger partial charge in [0.05, 0.1) is 13.2 Å². The van der Waals surface area contributed by atoms with E-state index in [-0.39, 0.29) is 5.91 Å². The first-order valence-electron chi connectivity index (χ1n) is 5.75. The Bertz CT molecular complexity index is 579. The third kappa shape index (κ3) is 2.43. The van der Waals surface area contributed by atoms with Crippen LogP contribution in [0.3, 0.4) is 0 Å². The molecule has 2 aromatic rings. The molecule has 4 nitrogen and oxygen atoms in total. The molecule has 18 heavy (non-hydrogen) atoms. The normalized spacial score (nSPS) is 12.2. The number of hydrogen-bond acceptors (Lipinski definition) is 3. The van der Waals surface area contributed by atoms with Crippen LogP contribution in [0, 0.1) is 0 Å². The van der Waals surface area contributed by atoms with Crippen LogP contribution in [0.25, 0.3) is 10.8 Å². The second-order valence-electron chi connectivity index (χ2n) is 4.18. The van der Waals surface area contributed by atoms with Crippen LogP contribution in [0.15, 0.2) is 36.4 Å². The lowest BCUT2D eigenvalue weighted by Gasteiger charge is -2.11. The molecule has 0 bridgehead atoms. The molecule has 0 saturated carbocycles. The third-order valence-electron chi connectivity index (χ3n) is 2.72. The number of ether oxygens (including phenoxy) is 1. The number of nitrogens with two attached hydrogens (primary N) is 1. The van der Waals surface area contributed by atoms with Gasteiger partial charge < -0.3 is 15.8 Å². The molecule has 3 N–H and O–H groups in total. The smallest absolute Gasteiger partial charge is 0.241 e. The summed E-state index contributed by atoms with van der Waals surface area (Å²) in [5.74, 6) is 0.514. The number of anilines is 1. The van der Waals surface area contributed by atoms with Crippen LogP contribution in [0.1, 0.15) is 6.92 Å². The van der Waals surface area contributed by atoms with Crippen LogP contribution in [0.2, 0.25) is 0 Å². The maximum atomic E-state index is 11.6. The molecule has 2 rings (SSSR count). The number of nitrogens with one attached hydrogen (secondary N) is 1. The van der Waals surface area contributed by atoms with Gasteiger partial charge in [-0.2, -0.15) is 0 Å². The fraction of sp³-hybridized carbons (Fsp3) is 0.214. The fourth-order valence-corrected chi connectivity index (χ4v) is 1.77. The summed E-state index contributed by atoms with van der Waals surface area (Å²) in [7, 11) is 1.61. The van der Waals surface area contributed by atoms with E-state index in [4.69, 9.17) is 10.5 Å². The second-order valence-corrected chi connectivity index (χ2v) is 4.18. The third-order valence-corrected chi connectivity index (χ3v) is 2.72. The van der Waals surface area contributed by atoms with Gasteiger partial charge in [-0.05, 0) is 18.4 Å². The predicted molar refractivity (Wildman–Crippen MR) is 72.8 cm³/mol. The molecule has 0 fully saturated rings. The number of benzene rings is 2. The van der Waals surface area contributed by atoms with E-state index in [1.165, 1.54) is 0 Å². The highest BCUT2D eigenvalue weighted by Gasteiger charge is 2.10. The molecule has 0 unspecified atom stereocenters. The van der Waals surface area contributed by atoms with E-state index in [0.29, 0.717) is 5.69 Å². The van der Waals surface area contributed by atoms with E-state index in [1.807, 2.05) is 30.3 Å². The molecule has 0 radical (unpaired) electrons. The maximum absolute atomic E-state index is 11.6. The number of carbonyl (C=O) groups is 1. The van der Waals surface area contributed by atoms with Crippen LogP contribution in [-0.4, -0.2) is 19.1 Å². The summed E-state index contributed by atoms with van der Waals surface area (Å²) in [6, 6.07) is 11.0. The highest BCUT2D eigenvalue weighted by atomic mass is 16.5. The number of methoxy groups -OCH3 is 1. The summed E-state index contributed by atoms with van der Waals surface area (Å²) < 4.78 is 5.33. The lowest BCUT2D eigenvalue weighted by atomic mass is 10.1. The van der Waals surface area contributed by atoms with Crippen molar-refractivity contribution in [3.8, 4) is 5.75 Å². The van der Waals surface area contributed by atoms with Crippen molar-refractivity contribution in [3.63, 3.8) is 0 Å². The molecule has 0 aliphatic rings. The van der Waals surface area contributed by atoms with E-state index >= 15 is 0 Å². The summed E-state index contributed by atoms with van der Waals surface area (Å²) >= 11 is 0. The van der Waals surface area contributed by atoms with Crippen molar-refractivity contribution in [3.05, 3.63) is 36.4 Å². The predicted octanol–water partition coefficient (Wildman–Crippen LogP) is 2.13. The van der Waals surface area contributed by atoms with Crippen LogP contribution in [0.5, 0.6) is 5.75 Å². The van der Waals surface area contributed by atoms with Gasteiger partial charge in [0.15, 0.2) is 0 Å². The molecule has 0 saturated heterocycles. The van der Waals surface area contributed by atoms with E-state index in [0.717, 1.165) is 16.5 Å². The zero-order chi connectivity index (χ0) is 13.1. The maximum Gasteiger partial charge on any atom is 0.241 e. The summed E-state index contributed by atoms with van der Waals surface area (Å²) in [5.41, 5.74) is 6.21. The monoisotopic (exact) mass is 244 g/mol. The minimum atomic E-state index is -0.539. The molecule has 0 spiro atoms. The molecule has 2 aromatic carbocycles. The van der Waals surface area contributed by atoms with Gasteiger partial charge in [-0.1, -0.05) is 24.3 Å². The Balaban J connectivity index is 2.44. The van der Waals surface area contributed by atoms with E-state index in [1.54, 1.807) is 20.1 Å². The minimum Gasteiger partial charge on any atom is -0.496 e. The van der Waals surface area contributed by atoms with Crippen molar-refractivity contribution in [2.75, 3.05) is 12.4 Å². The van der Waals surface area contributed by atoms with Crippen molar-refractivity contribution >= 4 is 22.4 Å². The number of carbonyl (C=O) groups excluding carboxylic acids is 1. The topological polar surface area (TPSA) is 64.3 Å². The summed E-state index contributed by atoms with van der Waals surface area (Å²) in [5, 5.41) is 4.79. The Labute approximate surface area is 106 Å². The van der Waals surface area contributed by atoms with Crippen molar-refractivity contribution in [1.82, 2.24) is 0 Å². The minimum absolute atomic E-state index is 0.215. The first kappa shape index (κ1) is 12.4. The lowest BCUT2D eigenvalue weighted by molar-refractivity contribution is -0.117. The molecule has 94 valence electrons. The van der Waals surface area contributed by atoms with Gasteiger partial charge in [0.25, 0.3) is 0 Å². The standard InChI is InChI=1S/C14H16N2O2/c1-9(15)14(17)16-11-7-10-5-3-4-6-12(10)13(8-11)18-2/h3-9H,15H2,1-2H3,(H,16,17)/t9-/m1/s1. The highest BCUT2D eigenvalue weighted by Crippen LogP contribution is 2.29. The Kier molecular flexibility index (Phi) is 3.48. The van der Waals surface area contributed by atoms with Gasteiger partial charge in [0, 0.05) is 17.1 Å². The van der Waals surface area contributed by atoms with Gasteiger partial charge in [0.1, 0.15) is 5.75 Å². The van der Waals surface area contributed by atoms with Crippen molar-refractivity contribution < 1.29 is 9.53 Å². The summed E-state index contributed by atoms with van der Waals surface area (Å²) in [6.07, 6.45) is 0. The van der Waals surface area contributed by atoms with Crippen molar-refractivity contribution in [2.24, 2.45) is 5.73 Å². The lowest BCUT2D eigenvalue weighted by Crippen LogP contribution is -2.32. The highest BCUT2D eigenvalue weighted by molar-refractivity contribution is 5.98. The Morgan fingerprint density at radius 1 is 1.33 bits per heavy atom. The second kappa shape index (κ2) is 5.06. The van der Waals surface area contributed by atoms with E-state index in [2.05, 4.69) is 5.32 Å². The first-order valence-corrected chi connectivity index (χ1v) is 5.75. The molecule has 1 atom stereocenters. The number of rotatable bonds is 3. The van der Waals surface area contributed by atoms with Crippen LogP contribution >= 0.6 is 0 Å². The quantitative estimate of drug-likeness (QED) is 0.869. The van der Waals surface area contributed by atoms with Crippen LogP contribution in [-0.2, 0) is 4.79 Å². The van der Waals surface area contributed by atoms with Gasteiger partial charge in [-0.15, -0.1) is 0 Å². The Hall–Kier alpha value is -2.07. The average molecular weight is 244 g/mol. The number of hydrogen-bond donors (Lipinski definition) is 2. The summed E-state index contributed by atoms with van der Waals surface area (Å²) in [4.78, 5) is 11.6. The van der Waals surface area contributed by atoms with Gasteiger partial charge in [-0.3, -0.25) is 4.79 Å². The molecule has 0 heterocycles. The van der Waals surface area contributed by atoms with Crippen molar-refractivity contribution in [2.45, 2.75) is 13.0 Å². The molecule has 4 heteroatoms.